The Morgan fingerprint density at radius 3 is 2.31 bits per heavy atom. The summed E-state index contributed by atoms with van der Waals surface area (Å²) < 4.78 is 38.2. The van der Waals surface area contributed by atoms with E-state index < -0.39 is 17.8 Å². The monoisotopic (exact) mass is 231 g/mol. The van der Waals surface area contributed by atoms with Gasteiger partial charge in [0.05, 0.1) is 5.56 Å². The maximum absolute atomic E-state index is 12.7. The van der Waals surface area contributed by atoms with E-state index in [1.165, 1.54) is 12.1 Å². The summed E-state index contributed by atoms with van der Waals surface area (Å²) in [7, 11) is 0. The molecule has 0 saturated carbocycles. The number of benzene rings is 1. The molecule has 1 aromatic rings. The molecule has 4 heteroatoms. The van der Waals surface area contributed by atoms with Crippen molar-refractivity contribution in [1.29, 1.82) is 0 Å². The van der Waals surface area contributed by atoms with Gasteiger partial charge in [0.25, 0.3) is 0 Å². The van der Waals surface area contributed by atoms with Gasteiger partial charge >= 0.3 is 6.18 Å². The molecule has 0 radical (unpaired) electrons. The van der Waals surface area contributed by atoms with Gasteiger partial charge in [-0.2, -0.15) is 13.2 Å². The Balaban J connectivity index is 3.13. The van der Waals surface area contributed by atoms with E-state index in [4.69, 9.17) is 5.73 Å². The lowest BCUT2D eigenvalue weighted by molar-refractivity contribution is -0.138. The van der Waals surface area contributed by atoms with Gasteiger partial charge in [-0.25, -0.2) is 0 Å². The van der Waals surface area contributed by atoms with Crippen LogP contribution in [0.3, 0.4) is 0 Å². The van der Waals surface area contributed by atoms with Gasteiger partial charge in [-0.05, 0) is 17.5 Å². The number of halogens is 3. The molecule has 0 aliphatic heterocycles. The van der Waals surface area contributed by atoms with Crippen molar-refractivity contribution < 1.29 is 13.2 Å². The van der Waals surface area contributed by atoms with Crippen LogP contribution in [0.15, 0.2) is 24.3 Å². The van der Waals surface area contributed by atoms with Gasteiger partial charge in [0.15, 0.2) is 0 Å². The molecule has 1 aromatic carbocycles. The molecule has 1 nitrogen and oxygen atoms in total. The van der Waals surface area contributed by atoms with Crippen molar-refractivity contribution >= 4 is 0 Å². The second-order valence-electron chi connectivity index (χ2n) is 4.00. The van der Waals surface area contributed by atoms with Gasteiger partial charge in [-0.15, -0.1) is 0 Å². The fourth-order valence-electron chi connectivity index (χ4n) is 1.61. The quantitative estimate of drug-likeness (QED) is 0.842. The Labute approximate surface area is 93.5 Å². The first-order valence-electron chi connectivity index (χ1n) is 5.29. The minimum atomic E-state index is -4.33. The summed E-state index contributed by atoms with van der Waals surface area (Å²) in [6, 6.07) is 4.95. The molecule has 16 heavy (non-hydrogen) atoms. The SMILES string of the molecule is CCC(C)[C@@H](N)c1ccccc1C(F)(F)F. The van der Waals surface area contributed by atoms with Crippen LogP contribution < -0.4 is 5.73 Å². The molecule has 0 saturated heterocycles. The normalized spacial score (nSPS) is 15.9. The summed E-state index contributed by atoms with van der Waals surface area (Å²) in [5, 5.41) is 0. The van der Waals surface area contributed by atoms with Crippen molar-refractivity contribution in [3.63, 3.8) is 0 Å². The molecule has 1 unspecified atom stereocenters. The van der Waals surface area contributed by atoms with E-state index in [0.717, 1.165) is 12.5 Å². The van der Waals surface area contributed by atoms with Crippen LogP contribution in [-0.2, 0) is 6.18 Å². The third-order valence-corrected chi connectivity index (χ3v) is 2.88. The molecule has 1 rings (SSSR count). The van der Waals surface area contributed by atoms with Crippen LogP contribution in [0.5, 0.6) is 0 Å². The van der Waals surface area contributed by atoms with Crippen molar-refractivity contribution in [2.75, 3.05) is 0 Å². The Morgan fingerprint density at radius 2 is 1.81 bits per heavy atom. The zero-order valence-electron chi connectivity index (χ0n) is 9.38. The summed E-state index contributed by atoms with van der Waals surface area (Å²) in [4.78, 5) is 0. The molecular weight excluding hydrogens is 215 g/mol. The third-order valence-electron chi connectivity index (χ3n) is 2.88. The summed E-state index contributed by atoms with van der Waals surface area (Å²) in [5.41, 5.74) is 5.41. The van der Waals surface area contributed by atoms with E-state index in [2.05, 4.69) is 0 Å². The first-order chi connectivity index (χ1) is 7.38. The van der Waals surface area contributed by atoms with Gasteiger partial charge in [0, 0.05) is 6.04 Å². The minimum absolute atomic E-state index is 0.0310. The molecule has 2 N–H and O–H groups in total. The van der Waals surface area contributed by atoms with Crippen molar-refractivity contribution in [3.8, 4) is 0 Å². The summed E-state index contributed by atoms with van der Waals surface area (Å²) in [6.07, 6.45) is -3.57. The van der Waals surface area contributed by atoms with Crippen LogP contribution in [0.4, 0.5) is 13.2 Å². The molecule has 0 fully saturated rings. The largest absolute Gasteiger partial charge is 0.416 e. The zero-order valence-corrected chi connectivity index (χ0v) is 9.38. The van der Waals surface area contributed by atoms with Gasteiger partial charge in [0.1, 0.15) is 0 Å². The first kappa shape index (κ1) is 13.0. The van der Waals surface area contributed by atoms with Crippen molar-refractivity contribution in [1.82, 2.24) is 0 Å². The van der Waals surface area contributed by atoms with Gasteiger partial charge in [-0.1, -0.05) is 38.5 Å². The lowest BCUT2D eigenvalue weighted by Gasteiger charge is -2.22. The van der Waals surface area contributed by atoms with Crippen molar-refractivity contribution in [2.24, 2.45) is 11.7 Å². The number of hydrogen-bond acceptors (Lipinski definition) is 1. The molecule has 90 valence electrons. The van der Waals surface area contributed by atoms with Gasteiger partial charge in [-0.3, -0.25) is 0 Å². The molecule has 0 bridgehead atoms. The Morgan fingerprint density at radius 1 is 1.25 bits per heavy atom. The van der Waals surface area contributed by atoms with E-state index in [1.54, 1.807) is 6.07 Å². The zero-order chi connectivity index (χ0) is 12.3. The predicted molar refractivity (Wildman–Crippen MR) is 57.8 cm³/mol. The topological polar surface area (TPSA) is 26.0 Å². The number of nitrogens with two attached hydrogens (primary N) is 1. The highest BCUT2D eigenvalue weighted by atomic mass is 19.4. The van der Waals surface area contributed by atoms with E-state index in [9.17, 15) is 13.2 Å². The van der Waals surface area contributed by atoms with Crippen molar-refractivity contribution in [2.45, 2.75) is 32.5 Å². The first-order valence-corrected chi connectivity index (χ1v) is 5.29. The highest BCUT2D eigenvalue weighted by molar-refractivity contribution is 5.32. The lowest BCUT2D eigenvalue weighted by Crippen LogP contribution is -2.22. The molecule has 0 aromatic heterocycles. The highest BCUT2D eigenvalue weighted by Gasteiger charge is 2.34. The van der Waals surface area contributed by atoms with E-state index in [0.29, 0.717) is 0 Å². The summed E-state index contributed by atoms with van der Waals surface area (Å²) >= 11 is 0. The number of alkyl halides is 3. The maximum atomic E-state index is 12.7. The fourth-order valence-corrected chi connectivity index (χ4v) is 1.61. The standard InChI is InChI=1S/C12H16F3N/c1-3-8(2)11(16)9-6-4-5-7-10(9)12(13,14)15/h4-8,11H,3,16H2,1-2H3/t8?,11-/m1/s1. The average molecular weight is 231 g/mol. The second kappa shape index (κ2) is 4.87. The van der Waals surface area contributed by atoms with Crippen LogP contribution in [0.25, 0.3) is 0 Å². The Kier molecular flexibility index (Phi) is 3.97. The van der Waals surface area contributed by atoms with Crippen LogP contribution >= 0.6 is 0 Å². The molecule has 0 spiro atoms. The van der Waals surface area contributed by atoms with Crippen LogP contribution in [-0.4, -0.2) is 0 Å². The molecule has 0 aliphatic carbocycles. The highest BCUT2D eigenvalue weighted by Crippen LogP contribution is 2.36. The lowest BCUT2D eigenvalue weighted by atomic mass is 9.90. The smallest absolute Gasteiger partial charge is 0.324 e. The van der Waals surface area contributed by atoms with E-state index >= 15 is 0 Å². The molecular formula is C12H16F3N. The Bertz CT molecular complexity index is 346. The third kappa shape index (κ3) is 2.76. The molecule has 0 aliphatic rings. The van der Waals surface area contributed by atoms with Gasteiger partial charge < -0.3 is 5.73 Å². The summed E-state index contributed by atoms with van der Waals surface area (Å²) in [5.74, 6) is 0.0310. The maximum Gasteiger partial charge on any atom is 0.416 e. The van der Waals surface area contributed by atoms with Gasteiger partial charge in [0.2, 0.25) is 0 Å². The van der Waals surface area contributed by atoms with E-state index in [1.807, 2.05) is 13.8 Å². The second-order valence-corrected chi connectivity index (χ2v) is 4.00. The molecule has 2 atom stereocenters. The van der Waals surface area contributed by atoms with Crippen LogP contribution in [0.1, 0.15) is 37.4 Å². The van der Waals surface area contributed by atoms with Crippen molar-refractivity contribution in [3.05, 3.63) is 35.4 Å². The predicted octanol–water partition coefficient (Wildman–Crippen LogP) is 3.75. The number of rotatable bonds is 3. The van der Waals surface area contributed by atoms with Crippen LogP contribution in [0, 0.1) is 5.92 Å². The number of hydrogen-bond donors (Lipinski definition) is 1. The molecule has 0 heterocycles. The molecule has 0 amide bonds. The van der Waals surface area contributed by atoms with Crippen LogP contribution in [0.2, 0.25) is 0 Å². The Hall–Kier alpha value is -1.03. The average Bonchev–Trinajstić information content (AvgIpc) is 2.26. The van der Waals surface area contributed by atoms with E-state index in [-0.39, 0.29) is 11.5 Å². The fraction of sp³-hybridized carbons (Fsp3) is 0.500. The summed E-state index contributed by atoms with van der Waals surface area (Å²) in [6.45, 7) is 3.78. The minimum Gasteiger partial charge on any atom is -0.324 e.